The topological polar surface area (TPSA) is 49.3 Å². The van der Waals surface area contributed by atoms with Crippen LogP contribution in [-0.4, -0.2) is 22.9 Å². The first-order chi connectivity index (χ1) is 11.7. The molecule has 0 heterocycles. The molecule has 0 saturated heterocycles. The third kappa shape index (κ3) is 10.7. The highest BCUT2D eigenvalue weighted by molar-refractivity contribution is 7.97. The number of hydrogen-bond donors (Lipinski definition) is 2. The van der Waals surface area contributed by atoms with E-state index >= 15 is 0 Å². The van der Waals surface area contributed by atoms with Gasteiger partial charge in [-0.05, 0) is 18.4 Å². The van der Waals surface area contributed by atoms with Gasteiger partial charge in [0.05, 0.1) is 0 Å². The molecule has 1 atom stereocenters. The van der Waals surface area contributed by atoms with Crippen LogP contribution < -0.4 is 4.72 Å². The number of benzene rings is 1. The molecule has 1 aromatic carbocycles. The largest absolute Gasteiger partial charge is 0.480 e. The third-order valence-corrected chi connectivity index (χ3v) is 5.10. The molecule has 136 valence electrons. The van der Waals surface area contributed by atoms with Gasteiger partial charge in [-0.3, -0.25) is 4.79 Å². The van der Waals surface area contributed by atoms with Gasteiger partial charge in [-0.15, -0.1) is 0 Å². The number of carbonyl (C=O) groups is 1. The molecular weight excluding hydrogens is 318 g/mol. The average Bonchev–Trinajstić information content (AvgIpc) is 2.59. The molecule has 4 heteroatoms. The van der Waals surface area contributed by atoms with Crippen LogP contribution in [0.5, 0.6) is 0 Å². The quantitative estimate of drug-likeness (QED) is 0.326. The lowest BCUT2D eigenvalue weighted by molar-refractivity contribution is -0.138. The molecule has 0 spiro atoms. The van der Waals surface area contributed by atoms with Gasteiger partial charge in [0.25, 0.3) is 0 Å². The first-order valence-electron chi connectivity index (χ1n) is 9.38. The molecular formula is C20H33NO2S. The highest BCUT2D eigenvalue weighted by Crippen LogP contribution is 2.12. The lowest BCUT2D eigenvalue weighted by Crippen LogP contribution is -2.34. The van der Waals surface area contributed by atoms with Gasteiger partial charge in [0.2, 0.25) is 0 Å². The second-order valence-electron chi connectivity index (χ2n) is 6.38. The molecule has 0 unspecified atom stereocenters. The van der Waals surface area contributed by atoms with Crippen molar-refractivity contribution >= 4 is 17.9 Å². The summed E-state index contributed by atoms with van der Waals surface area (Å²) in [5.41, 5.74) is 1.06. The van der Waals surface area contributed by atoms with E-state index in [0.29, 0.717) is 6.42 Å². The molecule has 3 nitrogen and oxygen atoms in total. The second-order valence-corrected chi connectivity index (χ2v) is 7.31. The van der Waals surface area contributed by atoms with E-state index in [1.165, 1.54) is 51.4 Å². The molecule has 0 fully saturated rings. The number of nitrogens with one attached hydrogen (secondary N) is 1. The summed E-state index contributed by atoms with van der Waals surface area (Å²) < 4.78 is 3.11. The first-order valence-corrected chi connectivity index (χ1v) is 10.4. The van der Waals surface area contributed by atoms with E-state index < -0.39 is 12.0 Å². The Morgan fingerprint density at radius 2 is 1.58 bits per heavy atom. The minimum Gasteiger partial charge on any atom is -0.480 e. The van der Waals surface area contributed by atoms with Crippen molar-refractivity contribution in [2.75, 3.05) is 5.75 Å². The van der Waals surface area contributed by atoms with Crippen LogP contribution in [0.15, 0.2) is 30.3 Å². The maximum absolute atomic E-state index is 11.3. The van der Waals surface area contributed by atoms with E-state index in [4.69, 9.17) is 0 Å². The van der Waals surface area contributed by atoms with Crippen molar-refractivity contribution in [2.45, 2.75) is 77.2 Å². The van der Waals surface area contributed by atoms with Gasteiger partial charge < -0.3 is 5.11 Å². The smallest absolute Gasteiger partial charge is 0.321 e. The lowest BCUT2D eigenvalue weighted by Gasteiger charge is -2.13. The Hall–Kier alpha value is -1.00. The predicted octanol–water partition coefficient (Wildman–Crippen LogP) is 5.45. The van der Waals surface area contributed by atoms with Gasteiger partial charge in [-0.25, -0.2) is 4.72 Å². The molecule has 0 bridgehead atoms. The van der Waals surface area contributed by atoms with Crippen molar-refractivity contribution in [1.82, 2.24) is 4.72 Å². The van der Waals surface area contributed by atoms with Gasteiger partial charge >= 0.3 is 5.97 Å². The molecule has 0 amide bonds. The Kier molecular flexibility index (Phi) is 12.6. The number of aliphatic carboxylic acids is 1. The molecule has 0 aliphatic carbocycles. The molecule has 1 rings (SSSR count). The molecule has 0 aliphatic rings. The fourth-order valence-electron chi connectivity index (χ4n) is 2.67. The van der Waals surface area contributed by atoms with Gasteiger partial charge in [0.15, 0.2) is 0 Å². The van der Waals surface area contributed by atoms with Crippen molar-refractivity contribution < 1.29 is 9.90 Å². The number of unbranched alkanes of at least 4 members (excludes halogenated alkanes) is 8. The molecule has 0 aliphatic heterocycles. The normalized spacial score (nSPS) is 12.2. The average molecular weight is 352 g/mol. The molecule has 0 saturated carbocycles. The summed E-state index contributed by atoms with van der Waals surface area (Å²) in [6.07, 6.45) is 12.4. The minimum atomic E-state index is -0.779. The minimum absolute atomic E-state index is 0.518. The van der Waals surface area contributed by atoms with Gasteiger partial charge in [0, 0.05) is 5.75 Å². The van der Waals surface area contributed by atoms with E-state index in [1.54, 1.807) is 11.9 Å². The summed E-state index contributed by atoms with van der Waals surface area (Å²) in [6, 6.07) is 9.28. The van der Waals surface area contributed by atoms with Crippen LogP contribution in [0.2, 0.25) is 0 Å². The Bertz CT molecular complexity index is 425. The third-order valence-electron chi connectivity index (χ3n) is 4.16. The fourth-order valence-corrected chi connectivity index (χ4v) is 3.53. The zero-order chi connectivity index (χ0) is 17.5. The Morgan fingerprint density at radius 3 is 2.17 bits per heavy atom. The van der Waals surface area contributed by atoms with Crippen molar-refractivity contribution in [3.63, 3.8) is 0 Å². The van der Waals surface area contributed by atoms with Crippen molar-refractivity contribution in [3.05, 3.63) is 35.9 Å². The summed E-state index contributed by atoms with van der Waals surface area (Å²) in [5.74, 6) is 0.201. The fraction of sp³-hybridized carbons (Fsp3) is 0.650. The van der Waals surface area contributed by atoms with E-state index in [9.17, 15) is 9.90 Å². The number of rotatable bonds is 15. The predicted molar refractivity (Wildman–Crippen MR) is 104 cm³/mol. The first kappa shape index (κ1) is 21.0. The van der Waals surface area contributed by atoms with Gasteiger partial charge in [0.1, 0.15) is 6.04 Å². The number of carboxylic acids is 1. The van der Waals surface area contributed by atoms with Crippen LogP contribution in [0.3, 0.4) is 0 Å². The van der Waals surface area contributed by atoms with Crippen LogP contribution in [0.25, 0.3) is 0 Å². The van der Waals surface area contributed by atoms with Crippen LogP contribution in [0.1, 0.15) is 70.3 Å². The summed E-state index contributed by atoms with van der Waals surface area (Å²) in [4.78, 5) is 11.3. The number of carboxylic acid groups (broad SMARTS) is 1. The van der Waals surface area contributed by atoms with Crippen LogP contribution in [0.4, 0.5) is 0 Å². The van der Waals surface area contributed by atoms with E-state index in [2.05, 4.69) is 11.6 Å². The van der Waals surface area contributed by atoms with E-state index in [1.807, 2.05) is 30.3 Å². The highest BCUT2D eigenvalue weighted by atomic mass is 32.2. The molecule has 24 heavy (non-hydrogen) atoms. The standard InChI is InChI=1S/C20H33NO2S/c1-2-3-4-5-6-7-8-9-13-16-24-21-19(20(22)23)17-18-14-11-10-12-15-18/h10-12,14-15,19,21H,2-9,13,16-17H2,1H3,(H,22,23)/t19-/m0/s1. The summed E-state index contributed by atoms with van der Waals surface area (Å²) >= 11 is 1.55. The lowest BCUT2D eigenvalue weighted by atomic mass is 10.1. The van der Waals surface area contributed by atoms with Crippen LogP contribution in [-0.2, 0) is 11.2 Å². The second kappa shape index (κ2) is 14.4. The van der Waals surface area contributed by atoms with E-state index in [-0.39, 0.29) is 0 Å². The summed E-state index contributed by atoms with van der Waals surface area (Å²) in [7, 11) is 0. The Balaban J connectivity index is 2.02. The van der Waals surface area contributed by atoms with Gasteiger partial charge in [-0.1, -0.05) is 101 Å². The number of hydrogen-bond acceptors (Lipinski definition) is 3. The Labute approximate surface area is 151 Å². The monoisotopic (exact) mass is 351 g/mol. The zero-order valence-corrected chi connectivity index (χ0v) is 15.8. The van der Waals surface area contributed by atoms with E-state index in [0.717, 1.165) is 17.7 Å². The Morgan fingerprint density at radius 1 is 1.00 bits per heavy atom. The SMILES string of the molecule is CCCCCCCCCCCSN[C@@H](Cc1ccccc1)C(=O)O. The summed E-state index contributed by atoms with van der Waals surface area (Å²) in [6.45, 7) is 2.25. The highest BCUT2D eigenvalue weighted by Gasteiger charge is 2.17. The van der Waals surface area contributed by atoms with Crippen molar-refractivity contribution in [1.29, 1.82) is 0 Å². The van der Waals surface area contributed by atoms with Crippen LogP contribution in [0, 0.1) is 0 Å². The van der Waals surface area contributed by atoms with Gasteiger partial charge in [-0.2, -0.15) is 0 Å². The molecule has 0 aromatic heterocycles. The summed E-state index contributed by atoms with van der Waals surface area (Å²) in [5, 5.41) is 9.32. The molecule has 0 radical (unpaired) electrons. The zero-order valence-electron chi connectivity index (χ0n) is 15.0. The molecule has 2 N–H and O–H groups in total. The van der Waals surface area contributed by atoms with Crippen LogP contribution >= 0.6 is 11.9 Å². The molecule has 1 aromatic rings. The van der Waals surface area contributed by atoms with Crippen molar-refractivity contribution in [3.8, 4) is 0 Å². The maximum atomic E-state index is 11.3. The maximum Gasteiger partial charge on any atom is 0.321 e. The van der Waals surface area contributed by atoms with Crippen molar-refractivity contribution in [2.24, 2.45) is 0 Å².